The molecule has 0 atom stereocenters. The molecule has 3 aromatic heterocycles. The first kappa shape index (κ1) is 11.3. The average Bonchev–Trinajstić information content (AvgIpc) is 2.74. The van der Waals surface area contributed by atoms with Crippen LogP contribution in [0.5, 0.6) is 0 Å². The fourth-order valence-electron chi connectivity index (χ4n) is 1.63. The van der Waals surface area contributed by atoms with Crippen molar-refractivity contribution in [2.24, 2.45) is 0 Å². The molecule has 0 N–H and O–H groups in total. The monoisotopic (exact) mass is 280 g/mol. The van der Waals surface area contributed by atoms with Crippen LogP contribution in [0.25, 0.3) is 16.9 Å². The zero-order chi connectivity index (χ0) is 12.7. The van der Waals surface area contributed by atoms with Crippen molar-refractivity contribution < 1.29 is 4.73 Å². The smallest absolute Gasteiger partial charge is 0.181 e. The molecule has 0 fully saturated rings. The van der Waals surface area contributed by atoms with Crippen molar-refractivity contribution >= 4 is 28.8 Å². The molecule has 0 aliphatic carbocycles. The van der Waals surface area contributed by atoms with Crippen molar-refractivity contribution in [3.63, 3.8) is 0 Å². The van der Waals surface area contributed by atoms with E-state index < -0.39 is 0 Å². The fourth-order valence-corrected chi connectivity index (χ4v) is 2.11. The molecule has 0 unspecified atom stereocenters. The maximum Gasteiger partial charge on any atom is 0.181 e. The molecule has 0 saturated heterocycles. The van der Waals surface area contributed by atoms with E-state index in [4.69, 9.17) is 23.2 Å². The number of halogens is 2. The second kappa shape index (κ2) is 4.12. The zero-order valence-electron chi connectivity index (χ0n) is 8.92. The summed E-state index contributed by atoms with van der Waals surface area (Å²) in [6.07, 6.45) is 2.81. The summed E-state index contributed by atoms with van der Waals surface area (Å²) < 4.78 is 2.20. The molecule has 0 saturated carbocycles. The third kappa shape index (κ3) is 1.87. The van der Waals surface area contributed by atoms with Crippen LogP contribution in [0.3, 0.4) is 0 Å². The molecule has 0 spiro atoms. The van der Waals surface area contributed by atoms with Crippen LogP contribution in [0.4, 0.5) is 0 Å². The maximum atomic E-state index is 11.0. The fraction of sp³-hybridized carbons (Fsp3) is 0. The first-order valence-corrected chi connectivity index (χ1v) is 5.80. The first-order valence-electron chi connectivity index (χ1n) is 5.04. The number of aromatic nitrogens is 4. The van der Waals surface area contributed by atoms with Crippen LogP contribution in [-0.2, 0) is 0 Å². The van der Waals surface area contributed by atoms with E-state index in [0.29, 0.717) is 26.4 Å². The van der Waals surface area contributed by atoms with Gasteiger partial charge in [0.2, 0.25) is 0 Å². The number of nitrogens with zero attached hydrogens (tertiary/aromatic N) is 4. The van der Waals surface area contributed by atoms with Gasteiger partial charge in [0.1, 0.15) is 10.3 Å². The second-order valence-electron chi connectivity index (χ2n) is 3.65. The van der Waals surface area contributed by atoms with E-state index in [0.717, 1.165) is 5.56 Å². The molecule has 7 heteroatoms. The predicted molar refractivity (Wildman–Crippen MR) is 67.4 cm³/mol. The molecule has 90 valence electrons. The van der Waals surface area contributed by atoms with Crippen molar-refractivity contribution in [2.75, 3.05) is 0 Å². The summed E-state index contributed by atoms with van der Waals surface area (Å²) in [6.45, 7) is 0. The van der Waals surface area contributed by atoms with Gasteiger partial charge in [0, 0.05) is 29.8 Å². The van der Waals surface area contributed by atoms with Crippen molar-refractivity contribution in [3.8, 4) is 11.3 Å². The topological polar surface area (TPSA) is 57.1 Å². The number of hydrogen-bond acceptors (Lipinski definition) is 3. The molecule has 3 rings (SSSR count). The maximum absolute atomic E-state index is 11.0. The highest BCUT2D eigenvalue weighted by Crippen LogP contribution is 2.22. The molecule has 18 heavy (non-hydrogen) atoms. The second-order valence-corrected chi connectivity index (χ2v) is 4.42. The zero-order valence-corrected chi connectivity index (χ0v) is 10.4. The van der Waals surface area contributed by atoms with E-state index in [1.54, 1.807) is 18.2 Å². The van der Waals surface area contributed by atoms with Crippen LogP contribution in [0.1, 0.15) is 0 Å². The molecule has 0 aliphatic heterocycles. The summed E-state index contributed by atoms with van der Waals surface area (Å²) in [7, 11) is 0. The van der Waals surface area contributed by atoms with E-state index in [9.17, 15) is 5.21 Å². The highest BCUT2D eigenvalue weighted by Gasteiger charge is 2.09. The lowest BCUT2D eigenvalue weighted by Crippen LogP contribution is -2.23. The molecule has 0 radical (unpaired) electrons. The molecule has 0 bridgehead atoms. The van der Waals surface area contributed by atoms with Crippen molar-refractivity contribution in [1.29, 1.82) is 0 Å². The number of hydrogen-bond donors (Lipinski definition) is 0. The van der Waals surface area contributed by atoms with Crippen LogP contribution < -0.4 is 4.73 Å². The van der Waals surface area contributed by atoms with Gasteiger partial charge >= 0.3 is 0 Å². The Hall–Kier alpha value is -1.85. The lowest BCUT2D eigenvalue weighted by atomic mass is 10.2. The average molecular weight is 281 g/mol. The molecule has 3 aromatic rings. The molecule has 0 aliphatic rings. The normalized spacial score (nSPS) is 11.0. The summed E-state index contributed by atoms with van der Waals surface area (Å²) >= 11 is 11.8. The quantitative estimate of drug-likeness (QED) is 0.391. The lowest BCUT2D eigenvalue weighted by Gasteiger charge is -1.97. The van der Waals surface area contributed by atoms with Gasteiger partial charge in [0.05, 0.1) is 5.69 Å². The molecular weight excluding hydrogens is 275 g/mol. The SMILES string of the molecule is [O-][n+]1ccc(-c2cc3nc(Cl)cc(Cl)n3n2)cc1. The van der Waals surface area contributed by atoms with Gasteiger partial charge in [-0.3, -0.25) is 0 Å². The summed E-state index contributed by atoms with van der Waals surface area (Å²) in [5.41, 5.74) is 2.04. The Morgan fingerprint density at radius 2 is 1.89 bits per heavy atom. The third-order valence-electron chi connectivity index (χ3n) is 2.45. The van der Waals surface area contributed by atoms with Crippen LogP contribution in [0.2, 0.25) is 10.3 Å². The third-order valence-corrected chi connectivity index (χ3v) is 2.91. The van der Waals surface area contributed by atoms with Crippen LogP contribution >= 0.6 is 23.2 Å². The molecule has 0 aromatic carbocycles. The number of pyridine rings is 1. The molecule has 5 nitrogen and oxygen atoms in total. The molecule has 3 heterocycles. The highest BCUT2D eigenvalue weighted by atomic mass is 35.5. The largest absolute Gasteiger partial charge is 0.619 e. The Labute approximate surface area is 112 Å². The van der Waals surface area contributed by atoms with Gasteiger partial charge in [-0.2, -0.15) is 9.83 Å². The number of fused-ring (bicyclic) bond motifs is 1. The van der Waals surface area contributed by atoms with Crippen molar-refractivity contribution in [1.82, 2.24) is 14.6 Å². The van der Waals surface area contributed by atoms with E-state index in [-0.39, 0.29) is 0 Å². The standard InChI is InChI=1S/C11H6Cl2N4O/c12-9-6-10(13)17-11(14-9)5-8(15-17)7-1-3-16(18)4-2-7/h1-6H. The van der Waals surface area contributed by atoms with Gasteiger partial charge < -0.3 is 5.21 Å². The Morgan fingerprint density at radius 3 is 2.61 bits per heavy atom. The van der Waals surface area contributed by atoms with Gasteiger partial charge in [0.15, 0.2) is 18.0 Å². The lowest BCUT2D eigenvalue weighted by molar-refractivity contribution is -0.605. The van der Waals surface area contributed by atoms with Gasteiger partial charge in [-0.25, -0.2) is 9.50 Å². The van der Waals surface area contributed by atoms with E-state index >= 15 is 0 Å². The number of rotatable bonds is 1. The Kier molecular flexibility index (Phi) is 2.57. The van der Waals surface area contributed by atoms with Gasteiger partial charge in [-0.05, 0) is 0 Å². The van der Waals surface area contributed by atoms with Crippen molar-refractivity contribution in [2.45, 2.75) is 0 Å². The Bertz CT molecular complexity index is 724. The van der Waals surface area contributed by atoms with Crippen LogP contribution in [0, 0.1) is 5.21 Å². The van der Waals surface area contributed by atoms with Gasteiger partial charge in [-0.1, -0.05) is 23.2 Å². The Balaban J connectivity index is 2.19. The van der Waals surface area contributed by atoms with Crippen LogP contribution in [-0.4, -0.2) is 14.6 Å². The summed E-state index contributed by atoms with van der Waals surface area (Å²) in [4.78, 5) is 4.11. The Morgan fingerprint density at radius 1 is 1.17 bits per heavy atom. The highest BCUT2D eigenvalue weighted by molar-refractivity contribution is 6.33. The minimum Gasteiger partial charge on any atom is -0.619 e. The van der Waals surface area contributed by atoms with E-state index in [1.807, 2.05) is 0 Å². The van der Waals surface area contributed by atoms with E-state index in [1.165, 1.54) is 23.0 Å². The summed E-state index contributed by atoms with van der Waals surface area (Å²) in [5, 5.41) is 16.0. The summed E-state index contributed by atoms with van der Waals surface area (Å²) in [6, 6.07) is 6.61. The first-order chi connectivity index (χ1) is 8.63. The van der Waals surface area contributed by atoms with Crippen molar-refractivity contribution in [3.05, 3.63) is 52.2 Å². The van der Waals surface area contributed by atoms with Crippen LogP contribution in [0.15, 0.2) is 36.7 Å². The van der Waals surface area contributed by atoms with Gasteiger partial charge in [0.25, 0.3) is 0 Å². The minimum absolute atomic E-state index is 0.310. The van der Waals surface area contributed by atoms with E-state index in [2.05, 4.69) is 10.1 Å². The minimum atomic E-state index is 0.310. The molecule has 0 amide bonds. The summed E-state index contributed by atoms with van der Waals surface area (Å²) in [5.74, 6) is 0. The molecular formula is C11H6Cl2N4O. The predicted octanol–water partition coefficient (Wildman–Crippen LogP) is 2.34. The van der Waals surface area contributed by atoms with Gasteiger partial charge in [-0.15, -0.1) is 0 Å².